The molecule has 0 aliphatic heterocycles. The van der Waals surface area contributed by atoms with Crippen LogP contribution in [0.25, 0.3) is 6.08 Å². The Balaban J connectivity index is 1.66. The molecule has 0 unspecified atom stereocenters. The molecule has 3 aromatic rings. The molecule has 0 atom stereocenters. The first-order chi connectivity index (χ1) is 16.9. The molecule has 3 aromatic carbocycles. The maximum Gasteiger partial charge on any atom is 0.322 e. The van der Waals surface area contributed by atoms with Crippen molar-refractivity contribution >= 4 is 18.0 Å². The van der Waals surface area contributed by atoms with E-state index in [0.29, 0.717) is 16.7 Å². The molecule has 0 aromatic heterocycles. The summed E-state index contributed by atoms with van der Waals surface area (Å²) in [4.78, 5) is 43.4. The van der Waals surface area contributed by atoms with Gasteiger partial charge in [0.15, 0.2) is 0 Å². The third-order valence-electron chi connectivity index (χ3n) is 4.38. The number of rotatable bonds is 12. The topological polar surface area (TPSA) is 103 Å². The fourth-order valence-corrected chi connectivity index (χ4v) is 2.64. The van der Waals surface area contributed by atoms with Crippen LogP contribution in [0.15, 0.2) is 72.8 Å². The average Bonchev–Trinajstić information content (AvgIpc) is 2.85. The molecule has 0 saturated heterocycles. The first kappa shape index (κ1) is 25.3. The SMILES string of the molecule is O=C(O)CNC(=O)C=Cc1ccc(OOCc2ccc(F)cc2)c(OOCc2ccc(F)cc2)c1. The van der Waals surface area contributed by atoms with E-state index in [2.05, 4.69) is 5.32 Å². The number of halogens is 2. The van der Waals surface area contributed by atoms with Crippen LogP contribution in [-0.2, 0) is 32.6 Å². The van der Waals surface area contributed by atoms with Gasteiger partial charge in [-0.2, -0.15) is 9.78 Å². The van der Waals surface area contributed by atoms with Crippen molar-refractivity contribution in [2.45, 2.75) is 13.2 Å². The van der Waals surface area contributed by atoms with Crippen molar-refractivity contribution in [2.24, 2.45) is 0 Å². The summed E-state index contributed by atoms with van der Waals surface area (Å²) in [5, 5.41) is 10.8. The van der Waals surface area contributed by atoms with Crippen LogP contribution in [0.4, 0.5) is 8.78 Å². The molecule has 0 fully saturated rings. The van der Waals surface area contributed by atoms with Crippen molar-refractivity contribution in [3.63, 3.8) is 0 Å². The molecule has 2 N–H and O–H groups in total. The van der Waals surface area contributed by atoms with E-state index in [9.17, 15) is 18.4 Å². The number of benzene rings is 3. The van der Waals surface area contributed by atoms with Crippen LogP contribution in [0.2, 0.25) is 0 Å². The predicted molar refractivity (Wildman–Crippen MR) is 120 cm³/mol. The molecule has 0 spiro atoms. The number of hydrogen-bond donors (Lipinski definition) is 2. The van der Waals surface area contributed by atoms with Gasteiger partial charge in [-0.05, 0) is 59.2 Å². The van der Waals surface area contributed by atoms with Gasteiger partial charge in [-0.15, -0.1) is 0 Å². The fourth-order valence-electron chi connectivity index (χ4n) is 2.64. The van der Waals surface area contributed by atoms with Gasteiger partial charge in [-0.1, -0.05) is 30.3 Å². The standard InChI is InChI=1S/C25H21F2NO7/c26-20-7-1-18(2-8-20)15-32-34-22-11-5-17(6-12-24(29)28-14-25(30)31)13-23(22)35-33-16-19-3-9-21(27)10-4-19/h1-13H,14-16H2,(H,28,29)(H,30,31). The number of carboxylic acid groups (broad SMARTS) is 1. The Morgan fingerprint density at radius 3 is 1.89 bits per heavy atom. The quantitative estimate of drug-likeness (QED) is 0.225. The van der Waals surface area contributed by atoms with Gasteiger partial charge in [-0.3, -0.25) is 9.59 Å². The minimum absolute atomic E-state index is 0.00776. The minimum atomic E-state index is -1.16. The highest BCUT2D eigenvalue weighted by atomic mass is 19.1. The lowest BCUT2D eigenvalue weighted by Crippen LogP contribution is -2.27. The first-order valence-corrected chi connectivity index (χ1v) is 10.3. The molecular weight excluding hydrogens is 464 g/mol. The van der Waals surface area contributed by atoms with Crippen molar-refractivity contribution in [3.05, 3.63) is 101 Å². The van der Waals surface area contributed by atoms with Gasteiger partial charge in [0.1, 0.15) is 31.4 Å². The maximum absolute atomic E-state index is 13.1. The van der Waals surface area contributed by atoms with Gasteiger partial charge < -0.3 is 20.2 Å². The summed E-state index contributed by atoms with van der Waals surface area (Å²) in [6.07, 6.45) is 2.60. The Hall–Kier alpha value is -4.28. The zero-order valence-corrected chi connectivity index (χ0v) is 18.3. The first-order valence-electron chi connectivity index (χ1n) is 10.3. The lowest BCUT2D eigenvalue weighted by molar-refractivity contribution is -0.238. The molecule has 0 aliphatic rings. The predicted octanol–water partition coefficient (Wildman–Crippen LogP) is 4.20. The van der Waals surface area contributed by atoms with Gasteiger partial charge in [-0.25, -0.2) is 8.78 Å². The highest BCUT2D eigenvalue weighted by molar-refractivity contribution is 5.93. The van der Waals surface area contributed by atoms with Crippen LogP contribution in [-0.4, -0.2) is 23.5 Å². The molecule has 0 radical (unpaired) electrons. The summed E-state index contributed by atoms with van der Waals surface area (Å²) >= 11 is 0. The van der Waals surface area contributed by atoms with E-state index in [0.717, 1.165) is 6.08 Å². The molecule has 0 bridgehead atoms. The second kappa shape index (κ2) is 12.8. The molecule has 35 heavy (non-hydrogen) atoms. The van der Waals surface area contributed by atoms with Crippen LogP contribution < -0.4 is 15.1 Å². The largest absolute Gasteiger partial charge is 0.480 e. The zero-order chi connectivity index (χ0) is 25.0. The van der Waals surface area contributed by atoms with Crippen LogP contribution in [0.1, 0.15) is 16.7 Å². The van der Waals surface area contributed by atoms with Crippen LogP contribution >= 0.6 is 0 Å². The van der Waals surface area contributed by atoms with E-state index in [-0.39, 0.29) is 36.3 Å². The van der Waals surface area contributed by atoms with Crippen molar-refractivity contribution in [2.75, 3.05) is 6.54 Å². The molecule has 10 heteroatoms. The normalized spacial score (nSPS) is 10.8. The summed E-state index contributed by atoms with van der Waals surface area (Å²) in [5.74, 6) is -2.24. The van der Waals surface area contributed by atoms with Crippen molar-refractivity contribution in [3.8, 4) is 11.5 Å². The second-order valence-electron chi connectivity index (χ2n) is 7.10. The number of aliphatic carboxylic acids is 1. The number of carbonyl (C=O) groups excluding carboxylic acids is 1. The highest BCUT2D eigenvalue weighted by Gasteiger charge is 2.10. The fraction of sp³-hybridized carbons (Fsp3) is 0.120. The Bertz CT molecular complexity index is 1170. The van der Waals surface area contributed by atoms with E-state index in [1.165, 1.54) is 54.6 Å². The minimum Gasteiger partial charge on any atom is -0.480 e. The Kier molecular flexibility index (Phi) is 9.29. The van der Waals surface area contributed by atoms with E-state index in [1.54, 1.807) is 18.2 Å². The maximum atomic E-state index is 13.1. The van der Waals surface area contributed by atoms with Crippen molar-refractivity contribution in [1.29, 1.82) is 0 Å². The molecule has 8 nitrogen and oxygen atoms in total. The van der Waals surface area contributed by atoms with Gasteiger partial charge in [0.25, 0.3) is 0 Å². The molecule has 0 saturated carbocycles. The van der Waals surface area contributed by atoms with Crippen molar-refractivity contribution < 1.29 is 43.0 Å². The number of amides is 1. The summed E-state index contributed by atoms with van der Waals surface area (Å²) < 4.78 is 26.1. The summed E-state index contributed by atoms with van der Waals surface area (Å²) in [6.45, 7) is -0.470. The Labute approximate surface area is 199 Å². The number of nitrogens with one attached hydrogen (secondary N) is 1. The van der Waals surface area contributed by atoms with E-state index >= 15 is 0 Å². The van der Waals surface area contributed by atoms with Crippen LogP contribution in [0.5, 0.6) is 11.5 Å². The molecule has 182 valence electrons. The van der Waals surface area contributed by atoms with Gasteiger partial charge in [0.2, 0.25) is 17.4 Å². The van der Waals surface area contributed by atoms with Gasteiger partial charge in [0.05, 0.1) is 0 Å². The lowest BCUT2D eigenvalue weighted by atomic mass is 10.2. The van der Waals surface area contributed by atoms with Crippen LogP contribution in [0.3, 0.4) is 0 Å². The summed E-state index contributed by atoms with van der Waals surface area (Å²) in [5.41, 5.74) is 1.85. The number of hydrogen-bond acceptors (Lipinski definition) is 6. The van der Waals surface area contributed by atoms with Crippen molar-refractivity contribution in [1.82, 2.24) is 5.32 Å². The van der Waals surface area contributed by atoms with Gasteiger partial charge in [0, 0.05) is 6.08 Å². The van der Waals surface area contributed by atoms with E-state index in [4.69, 9.17) is 24.7 Å². The average molecular weight is 485 g/mol. The number of carbonyl (C=O) groups is 2. The van der Waals surface area contributed by atoms with E-state index < -0.39 is 18.4 Å². The molecule has 0 heterocycles. The smallest absolute Gasteiger partial charge is 0.322 e. The summed E-state index contributed by atoms with van der Waals surface area (Å²) in [7, 11) is 0. The third kappa shape index (κ3) is 8.88. The molecule has 0 aliphatic carbocycles. The molecular formula is C25H21F2NO7. The highest BCUT2D eigenvalue weighted by Crippen LogP contribution is 2.30. The Morgan fingerprint density at radius 2 is 1.34 bits per heavy atom. The third-order valence-corrected chi connectivity index (χ3v) is 4.38. The van der Waals surface area contributed by atoms with Crippen LogP contribution in [0, 0.1) is 11.6 Å². The lowest BCUT2D eigenvalue weighted by Gasteiger charge is -2.11. The monoisotopic (exact) mass is 485 g/mol. The second-order valence-corrected chi connectivity index (χ2v) is 7.10. The molecule has 3 rings (SSSR count). The Morgan fingerprint density at radius 1 is 0.800 bits per heavy atom. The molecule has 1 amide bonds. The van der Waals surface area contributed by atoms with Gasteiger partial charge >= 0.3 is 5.97 Å². The van der Waals surface area contributed by atoms with E-state index in [1.807, 2.05) is 0 Å². The summed E-state index contributed by atoms with van der Waals surface area (Å²) in [6, 6.07) is 16.0. The number of carboxylic acids is 1. The zero-order valence-electron chi connectivity index (χ0n) is 18.3.